The lowest BCUT2D eigenvalue weighted by atomic mass is 10.2. The van der Waals surface area contributed by atoms with Crippen molar-refractivity contribution < 1.29 is 9.84 Å². The van der Waals surface area contributed by atoms with Crippen molar-refractivity contribution in [1.82, 2.24) is 4.57 Å². The Morgan fingerprint density at radius 1 is 1.05 bits per heavy atom. The highest BCUT2D eigenvalue weighted by Gasteiger charge is 2.03. The summed E-state index contributed by atoms with van der Waals surface area (Å²) in [4.78, 5) is 0. The van der Waals surface area contributed by atoms with Gasteiger partial charge in [-0.1, -0.05) is 12.1 Å². The van der Waals surface area contributed by atoms with Crippen LogP contribution in [0.25, 0.3) is 10.9 Å². The number of fused-ring (bicyclic) bond motifs is 1. The quantitative estimate of drug-likeness (QED) is 0.780. The summed E-state index contributed by atoms with van der Waals surface area (Å²) in [5.74, 6) is 1.20. The molecule has 3 rings (SSSR count). The van der Waals surface area contributed by atoms with Crippen molar-refractivity contribution in [1.29, 1.82) is 0 Å². The Hall–Kier alpha value is -2.42. The second kappa shape index (κ2) is 5.29. The highest BCUT2D eigenvalue weighted by atomic mass is 16.5. The largest absolute Gasteiger partial charge is 0.508 e. The van der Waals surface area contributed by atoms with Crippen molar-refractivity contribution in [2.45, 2.75) is 13.5 Å². The average Bonchev–Trinajstić information content (AvgIpc) is 2.84. The number of ether oxygens (including phenoxy) is 1. The van der Waals surface area contributed by atoms with Gasteiger partial charge >= 0.3 is 0 Å². The van der Waals surface area contributed by atoms with Crippen LogP contribution in [-0.4, -0.2) is 16.3 Å². The van der Waals surface area contributed by atoms with Gasteiger partial charge in [0.2, 0.25) is 0 Å². The van der Waals surface area contributed by atoms with Gasteiger partial charge in [-0.3, -0.25) is 0 Å². The van der Waals surface area contributed by atoms with E-state index in [2.05, 4.69) is 29.0 Å². The molecule has 0 atom stereocenters. The lowest BCUT2D eigenvalue weighted by Gasteiger charge is -2.07. The molecule has 0 unspecified atom stereocenters. The zero-order chi connectivity index (χ0) is 13.9. The fraction of sp³-hybridized carbons (Fsp3) is 0.176. The number of benzene rings is 2. The number of hydrogen-bond acceptors (Lipinski definition) is 2. The highest BCUT2D eigenvalue weighted by molar-refractivity contribution is 5.81. The Bertz CT molecular complexity index is 713. The molecule has 0 spiro atoms. The van der Waals surface area contributed by atoms with Gasteiger partial charge in [0.1, 0.15) is 11.5 Å². The molecule has 0 bridgehead atoms. The van der Waals surface area contributed by atoms with Crippen LogP contribution in [0.2, 0.25) is 0 Å². The molecule has 0 amide bonds. The molecular weight excluding hydrogens is 250 g/mol. The van der Waals surface area contributed by atoms with Crippen LogP contribution < -0.4 is 4.74 Å². The van der Waals surface area contributed by atoms with E-state index in [4.69, 9.17) is 4.74 Å². The average molecular weight is 267 g/mol. The van der Waals surface area contributed by atoms with Crippen LogP contribution in [0.1, 0.15) is 12.5 Å². The lowest BCUT2D eigenvalue weighted by Crippen LogP contribution is -1.97. The molecule has 2 aromatic carbocycles. The molecule has 1 heterocycles. The molecule has 0 aliphatic rings. The van der Waals surface area contributed by atoms with Crippen molar-refractivity contribution in [3.05, 3.63) is 60.3 Å². The molecule has 1 aromatic heterocycles. The Morgan fingerprint density at radius 2 is 1.85 bits per heavy atom. The van der Waals surface area contributed by atoms with Crippen molar-refractivity contribution in [3.8, 4) is 11.5 Å². The second-order valence-electron chi connectivity index (χ2n) is 4.76. The summed E-state index contributed by atoms with van der Waals surface area (Å²) in [6, 6.07) is 15.6. The third kappa shape index (κ3) is 2.48. The van der Waals surface area contributed by atoms with E-state index in [-0.39, 0.29) is 0 Å². The maximum Gasteiger partial charge on any atom is 0.120 e. The topological polar surface area (TPSA) is 34.4 Å². The third-order valence-electron chi connectivity index (χ3n) is 3.34. The van der Waals surface area contributed by atoms with Crippen LogP contribution in [0.15, 0.2) is 54.7 Å². The van der Waals surface area contributed by atoms with E-state index in [1.807, 2.05) is 25.1 Å². The van der Waals surface area contributed by atoms with Crippen LogP contribution in [-0.2, 0) is 6.54 Å². The summed E-state index contributed by atoms with van der Waals surface area (Å²) in [7, 11) is 0. The Labute approximate surface area is 118 Å². The summed E-state index contributed by atoms with van der Waals surface area (Å²) in [6.07, 6.45) is 2.08. The Morgan fingerprint density at radius 3 is 2.60 bits per heavy atom. The maximum absolute atomic E-state index is 9.31. The van der Waals surface area contributed by atoms with E-state index in [1.54, 1.807) is 12.1 Å². The third-order valence-corrected chi connectivity index (χ3v) is 3.34. The number of hydrogen-bond donors (Lipinski definition) is 1. The van der Waals surface area contributed by atoms with E-state index in [0.717, 1.165) is 17.9 Å². The van der Waals surface area contributed by atoms with Crippen molar-refractivity contribution >= 4 is 10.9 Å². The van der Waals surface area contributed by atoms with Crippen LogP contribution in [0.3, 0.4) is 0 Å². The minimum Gasteiger partial charge on any atom is -0.508 e. The minimum absolute atomic E-state index is 0.299. The summed E-state index contributed by atoms with van der Waals surface area (Å²) in [6.45, 7) is 3.46. The predicted molar refractivity (Wildman–Crippen MR) is 80.3 cm³/mol. The van der Waals surface area contributed by atoms with Gasteiger partial charge in [-0.05, 0) is 48.9 Å². The Kier molecular flexibility index (Phi) is 3.33. The molecular formula is C17H17NO2. The fourth-order valence-corrected chi connectivity index (χ4v) is 2.37. The number of phenolic OH excluding ortho intramolecular Hbond substituents is 1. The molecule has 102 valence electrons. The highest BCUT2D eigenvalue weighted by Crippen LogP contribution is 2.23. The smallest absolute Gasteiger partial charge is 0.120 e. The Balaban J connectivity index is 1.90. The SMILES string of the molecule is CCOc1ccc2c(ccn2Cc2ccc(O)cc2)c1. The molecule has 3 aromatic rings. The van der Waals surface area contributed by atoms with Crippen molar-refractivity contribution in [2.24, 2.45) is 0 Å². The lowest BCUT2D eigenvalue weighted by molar-refractivity contribution is 0.340. The minimum atomic E-state index is 0.299. The molecule has 3 nitrogen and oxygen atoms in total. The van der Waals surface area contributed by atoms with Gasteiger partial charge in [0.15, 0.2) is 0 Å². The number of aromatic hydroxyl groups is 1. The van der Waals surface area contributed by atoms with E-state index in [1.165, 1.54) is 10.9 Å². The fourth-order valence-electron chi connectivity index (χ4n) is 2.37. The second-order valence-corrected chi connectivity index (χ2v) is 4.76. The standard InChI is InChI=1S/C17H17NO2/c1-2-20-16-7-8-17-14(11-16)9-10-18(17)12-13-3-5-15(19)6-4-13/h3-11,19H,2,12H2,1H3. The first-order chi connectivity index (χ1) is 9.76. The molecule has 1 N–H and O–H groups in total. The maximum atomic E-state index is 9.31. The first-order valence-electron chi connectivity index (χ1n) is 6.76. The summed E-state index contributed by atoms with van der Waals surface area (Å²) in [5.41, 5.74) is 2.34. The molecule has 0 radical (unpaired) electrons. The molecule has 0 saturated heterocycles. The number of nitrogens with zero attached hydrogens (tertiary/aromatic N) is 1. The van der Waals surface area contributed by atoms with Crippen LogP contribution in [0.4, 0.5) is 0 Å². The van der Waals surface area contributed by atoms with Gasteiger partial charge in [0.05, 0.1) is 6.61 Å². The van der Waals surface area contributed by atoms with Crippen LogP contribution >= 0.6 is 0 Å². The van der Waals surface area contributed by atoms with Crippen molar-refractivity contribution in [2.75, 3.05) is 6.61 Å². The van der Waals surface area contributed by atoms with E-state index in [0.29, 0.717) is 12.4 Å². The predicted octanol–water partition coefficient (Wildman–Crippen LogP) is 3.79. The number of aromatic nitrogens is 1. The molecule has 0 fully saturated rings. The normalized spacial score (nSPS) is 10.8. The molecule has 20 heavy (non-hydrogen) atoms. The first kappa shape index (κ1) is 12.6. The molecule has 0 saturated carbocycles. The van der Waals surface area contributed by atoms with Gasteiger partial charge in [-0.25, -0.2) is 0 Å². The summed E-state index contributed by atoms with van der Waals surface area (Å²) < 4.78 is 7.71. The van der Waals surface area contributed by atoms with E-state index < -0.39 is 0 Å². The van der Waals surface area contributed by atoms with Gasteiger partial charge in [0, 0.05) is 23.6 Å². The zero-order valence-electron chi connectivity index (χ0n) is 11.4. The number of phenols is 1. The van der Waals surface area contributed by atoms with Gasteiger partial charge in [-0.15, -0.1) is 0 Å². The van der Waals surface area contributed by atoms with E-state index >= 15 is 0 Å². The van der Waals surface area contributed by atoms with Crippen LogP contribution in [0, 0.1) is 0 Å². The van der Waals surface area contributed by atoms with Crippen LogP contribution in [0.5, 0.6) is 11.5 Å². The molecule has 0 aliphatic carbocycles. The van der Waals surface area contributed by atoms with E-state index in [9.17, 15) is 5.11 Å². The molecule has 3 heteroatoms. The molecule has 0 aliphatic heterocycles. The van der Waals surface area contributed by atoms with Crippen molar-refractivity contribution in [3.63, 3.8) is 0 Å². The van der Waals surface area contributed by atoms with Gasteiger partial charge in [-0.2, -0.15) is 0 Å². The monoisotopic (exact) mass is 267 g/mol. The first-order valence-corrected chi connectivity index (χ1v) is 6.76. The summed E-state index contributed by atoms with van der Waals surface area (Å²) in [5, 5.41) is 10.5. The zero-order valence-corrected chi connectivity index (χ0v) is 11.4. The van der Waals surface area contributed by atoms with Gasteiger partial charge in [0.25, 0.3) is 0 Å². The summed E-state index contributed by atoms with van der Waals surface area (Å²) >= 11 is 0. The number of rotatable bonds is 4. The van der Waals surface area contributed by atoms with Gasteiger partial charge < -0.3 is 14.4 Å².